The van der Waals surface area contributed by atoms with E-state index >= 15 is 0 Å². The third-order valence-corrected chi connectivity index (χ3v) is 3.60. The maximum atomic E-state index is 13.4. The molecular formula is C15H22F3NO2. The van der Waals surface area contributed by atoms with Gasteiger partial charge in [0.05, 0.1) is 19.3 Å². The zero-order valence-electron chi connectivity index (χ0n) is 12.0. The van der Waals surface area contributed by atoms with E-state index in [2.05, 4.69) is 5.32 Å². The number of rotatable bonds is 8. The number of alkyl halides is 3. The highest BCUT2D eigenvalue weighted by Gasteiger charge is 2.54. The summed E-state index contributed by atoms with van der Waals surface area (Å²) in [5.74, 6) is 0. The van der Waals surface area contributed by atoms with E-state index in [9.17, 15) is 23.4 Å². The Kier molecular flexibility index (Phi) is 6.64. The molecule has 0 aliphatic heterocycles. The van der Waals surface area contributed by atoms with Crippen LogP contribution in [0.4, 0.5) is 13.2 Å². The first-order valence-corrected chi connectivity index (χ1v) is 7.01. The number of hydrogen-bond donors (Lipinski definition) is 3. The van der Waals surface area contributed by atoms with Gasteiger partial charge in [0.25, 0.3) is 0 Å². The van der Waals surface area contributed by atoms with Gasteiger partial charge in [-0.2, -0.15) is 13.2 Å². The predicted molar refractivity (Wildman–Crippen MR) is 74.8 cm³/mol. The third-order valence-electron chi connectivity index (χ3n) is 3.60. The van der Waals surface area contributed by atoms with Crippen molar-refractivity contribution in [2.24, 2.45) is 0 Å². The highest BCUT2D eigenvalue weighted by molar-refractivity contribution is 5.20. The van der Waals surface area contributed by atoms with Crippen molar-refractivity contribution in [3.8, 4) is 0 Å². The van der Waals surface area contributed by atoms with Crippen LogP contribution in [0.5, 0.6) is 0 Å². The Morgan fingerprint density at radius 3 is 2.19 bits per heavy atom. The Labute approximate surface area is 122 Å². The second kappa shape index (κ2) is 7.77. The molecule has 0 saturated carbocycles. The molecule has 1 rings (SSSR count). The summed E-state index contributed by atoms with van der Waals surface area (Å²) in [5.41, 5.74) is -1.84. The van der Waals surface area contributed by atoms with E-state index in [1.807, 2.05) is 0 Å². The molecule has 0 spiro atoms. The number of hydrogen-bond acceptors (Lipinski definition) is 3. The van der Waals surface area contributed by atoms with Gasteiger partial charge >= 0.3 is 6.18 Å². The Balaban J connectivity index is 3.03. The van der Waals surface area contributed by atoms with Crippen molar-refractivity contribution < 1.29 is 23.4 Å². The molecule has 0 aliphatic rings. The summed E-state index contributed by atoms with van der Waals surface area (Å²) in [7, 11) is 0. The fourth-order valence-corrected chi connectivity index (χ4v) is 2.24. The maximum Gasteiger partial charge on any atom is 0.408 e. The summed E-state index contributed by atoms with van der Waals surface area (Å²) in [6.07, 6.45) is -3.90. The third kappa shape index (κ3) is 4.43. The van der Waals surface area contributed by atoms with E-state index in [0.29, 0.717) is 18.4 Å². The molecule has 3 nitrogen and oxygen atoms in total. The number of benzene rings is 1. The van der Waals surface area contributed by atoms with Crippen LogP contribution in [0.3, 0.4) is 0 Å². The lowest BCUT2D eigenvalue weighted by atomic mass is 9.90. The molecule has 0 heterocycles. The Bertz CT molecular complexity index is 411. The zero-order valence-corrected chi connectivity index (χ0v) is 12.0. The van der Waals surface area contributed by atoms with Gasteiger partial charge in [0.15, 0.2) is 0 Å². The number of nitrogens with one attached hydrogen (secondary N) is 1. The van der Waals surface area contributed by atoms with Gasteiger partial charge in [-0.15, -0.1) is 0 Å². The number of aliphatic hydroxyl groups excluding tert-OH is 2. The standard InChI is InChI=1S/C15H22F3NO2/c1-2-3-9-14(11-21,15(16,17)18)19-13(10-20)12-7-5-4-6-8-12/h4-8,13,19-21H,2-3,9-11H2,1H3/t13-,14?/m0/s1. The lowest BCUT2D eigenvalue weighted by Gasteiger charge is -2.38. The quantitative estimate of drug-likeness (QED) is 0.692. The normalized spacial score (nSPS) is 16.5. The fourth-order valence-electron chi connectivity index (χ4n) is 2.24. The number of aliphatic hydroxyl groups is 2. The molecule has 0 radical (unpaired) electrons. The van der Waals surface area contributed by atoms with Gasteiger partial charge in [-0.25, -0.2) is 0 Å². The van der Waals surface area contributed by atoms with Crippen LogP contribution >= 0.6 is 0 Å². The summed E-state index contributed by atoms with van der Waals surface area (Å²) in [6.45, 7) is 0.257. The van der Waals surface area contributed by atoms with Gasteiger partial charge in [0.2, 0.25) is 0 Å². The smallest absolute Gasteiger partial charge is 0.394 e. The highest BCUT2D eigenvalue weighted by Crippen LogP contribution is 2.36. The van der Waals surface area contributed by atoms with Crippen LogP contribution in [0.2, 0.25) is 0 Å². The molecule has 2 atom stereocenters. The maximum absolute atomic E-state index is 13.4. The van der Waals surface area contributed by atoms with E-state index in [1.165, 1.54) is 0 Å². The molecular weight excluding hydrogens is 283 g/mol. The molecule has 0 saturated heterocycles. The Hall–Kier alpha value is -1.11. The topological polar surface area (TPSA) is 52.5 Å². The molecule has 0 bridgehead atoms. The first-order chi connectivity index (χ1) is 9.90. The van der Waals surface area contributed by atoms with Crippen LogP contribution in [0.1, 0.15) is 37.8 Å². The molecule has 0 aliphatic carbocycles. The van der Waals surface area contributed by atoms with E-state index in [4.69, 9.17) is 0 Å². The fraction of sp³-hybridized carbons (Fsp3) is 0.600. The van der Waals surface area contributed by atoms with Gasteiger partial charge in [-0.3, -0.25) is 5.32 Å². The highest BCUT2D eigenvalue weighted by atomic mass is 19.4. The first-order valence-electron chi connectivity index (χ1n) is 7.01. The average Bonchev–Trinajstić information content (AvgIpc) is 2.47. The molecule has 0 aromatic heterocycles. The second-order valence-electron chi connectivity index (χ2n) is 5.13. The molecule has 6 heteroatoms. The van der Waals surface area contributed by atoms with E-state index in [1.54, 1.807) is 37.3 Å². The lowest BCUT2D eigenvalue weighted by molar-refractivity contribution is -0.213. The second-order valence-corrected chi connectivity index (χ2v) is 5.13. The number of halogens is 3. The van der Waals surface area contributed by atoms with Crippen LogP contribution in [-0.4, -0.2) is 35.1 Å². The minimum Gasteiger partial charge on any atom is -0.394 e. The van der Waals surface area contributed by atoms with Crippen molar-refractivity contribution in [3.63, 3.8) is 0 Å². The molecule has 3 N–H and O–H groups in total. The van der Waals surface area contributed by atoms with Crippen molar-refractivity contribution in [1.82, 2.24) is 5.32 Å². The molecule has 1 aromatic carbocycles. The molecule has 21 heavy (non-hydrogen) atoms. The van der Waals surface area contributed by atoms with Gasteiger partial charge in [0, 0.05) is 0 Å². The van der Waals surface area contributed by atoms with Crippen LogP contribution in [0, 0.1) is 0 Å². The van der Waals surface area contributed by atoms with Crippen molar-refractivity contribution >= 4 is 0 Å². The van der Waals surface area contributed by atoms with Gasteiger partial charge in [-0.1, -0.05) is 50.1 Å². The Morgan fingerprint density at radius 1 is 1.14 bits per heavy atom. The molecule has 1 unspecified atom stereocenters. The van der Waals surface area contributed by atoms with E-state index in [-0.39, 0.29) is 6.42 Å². The van der Waals surface area contributed by atoms with Crippen LogP contribution < -0.4 is 5.32 Å². The van der Waals surface area contributed by atoms with Gasteiger partial charge in [0.1, 0.15) is 5.54 Å². The van der Waals surface area contributed by atoms with Gasteiger partial charge in [-0.05, 0) is 12.0 Å². The SMILES string of the molecule is CCCCC(CO)(N[C@@H](CO)c1ccccc1)C(F)(F)F. The van der Waals surface area contributed by atoms with Crippen LogP contribution in [-0.2, 0) is 0 Å². The van der Waals surface area contributed by atoms with Crippen LogP contribution in [0.25, 0.3) is 0 Å². The molecule has 1 aromatic rings. The van der Waals surface area contributed by atoms with Gasteiger partial charge < -0.3 is 10.2 Å². The van der Waals surface area contributed by atoms with E-state index < -0.39 is 31.0 Å². The first kappa shape index (κ1) is 17.9. The zero-order chi connectivity index (χ0) is 15.9. The predicted octanol–water partition coefficient (Wildman–Crippen LogP) is 2.79. The lowest BCUT2D eigenvalue weighted by Crippen LogP contribution is -2.60. The summed E-state index contributed by atoms with van der Waals surface area (Å²) in [5, 5.41) is 21.2. The summed E-state index contributed by atoms with van der Waals surface area (Å²) >= 11 is 0. The average molecular weight is 305 g/mol. The minimum atomic E-state index is -4.60. The monoisotopic (exact) mass is 305 g/mol. The Morgan fingerprint density at radius 2 is 1.76 bits per heavy atom. The van der Waals surface area contributed by atoms with E-state index in [0.717, 1.165) is 0 Å². The minimum absolute atomic E-state index is 0.229. The van der Waals surface area contributed by atoms with Crippen LogP contribution in [0.15, 0.2) is 30.3 Å². The summed E-state index contributed by atoms with van der Waals surface area (Å²) in [4.78, 5) is 0. The molecule has 0 fully saturated rings. The summed E-state index contributed by atoms with van der Waals surface area (Å²) < 4.78 is 40.2. The van der Waals surface area contributed by atoms with Crippen molar-refractivity contribution in [3.05, 3.63) is 35.9 Å². The molecule has 120 valence electrons. The van der Waals surface area contributed by atoms with Crippen molar-refractivity contribution in [1.29, 1.82) is 0 Å². The molecule has 0 amide bonds. The largest absolute Gasteiger partial charge is 0.408 e. The number of unbranched alkanes of at least 4 members (excludes halogenated alkanes) is 1. The van der Waals surface area contributed by atoms with Crippen molar-refractivity contribution in [2.75, 3.05) is 13.2 Å². The van der Waals surface area contributed by atoms with Crippen molar-refractivity contribution in [2.45, 2.75) is 43.9 Å². The summed E-state index contributed by atoms with van der Waals surface area (Å²) in [6, 6.07) is 7.55.